The maximum absolute atomic E-state index is 12.1. The van der Waals surface area contributed by atoms with E-state index in [0.717, 1.165) is 32.3 Å². The molecule has 0 aromatic carbocycles. The van der Waals surface area contributed by atoms with Crippen LogP contribution >= 0.6 is 0 Å². The summed E-state index contributed by atoms with van der Waals surface area (Å²) in [6.07, 6.45) is 7.82. The van der Waals surface area contributed by atoms with Crippen LogP contribution in [0.2, 0.25) is 0 Å². The van der Waals surface area contributed by atoms with Gasteiger partial charge in [0, 0.05) is 11.5 Å². The van der Waals surface area contributed by atoms with Crippen LogP contribution in [-0.2, 0) is 9.47 Å². The first-order chi connectivity index (χ1) is 10.4. The average molecular weight is 309 g/mol. The molecular weight excluding hydrogens is 278 g/mol. The van der Waals surface area contributed by atoms with Crippen molar-refractivity contribution < 1.29 is 14.3 Å². The lowest BCUT2D eigenvalue weighted by atomic mass is 9.56. The Morgan fingerprint density at radius 2 is 1.82 bits per heavy atom. The number of nitrogens with one attached hydrogen (secondary N) is 1. The summed E-state index contributed by atoms with van der Waals surface area (Å²) in [5.74, 6) is 1.08. The number of alkyl carbamates (subject to hydrolysis) is 1. The summed E-state index contributed by atoms with van der Waals surface area (Å²) in [7, 11) is 0. The molecule has 22 heavy (non-hydrogen) atoms. The van der Waals surface area contributed by atoms with Crippen LogP contribution in [0.3, 0.4) is 0 Å². The second-order valence-corrected chi connectivity index (χ2v) is 8.24. The number of amides is 1. The number of carbonyl (C=O) groups is 1. The molecule has 0 radical (unpaired) electrons. The Labute approximate surface area is 134 Å². The van der Waals surface area contributed by atoms with Crippen molar-refractivity contribution in [1.29, 1.82) is 0 Å². The molecule has 2 unspecified atom stereocenters. The lowest BCUT2D eigenvalue weighted by molar-refractivity contribution is -0.236. The van der Waals surface area contributed by atoms with Gasteiger partial charge in [0.05, 0.1) is 12.2 Å². The number of hydrogen-bond acceptors (Lipinski definition) is 3. The SMILES string of the molecule is C[C@@H]1CC2(C)C[C@H](C)C1(COC(=O)NC1CCCCC1)CO2. The van der Waals surface area contributed by atoms with Crippen LogP contribution in [0.15, 0.2) is 0 Å². The van der Waals surface area contributed by atoms with Gasteiger partial charge in [-0.1, -0.05) is 33.1 Å². The Kier molecular flexibility index (Phi) is 4.41. The highest BCUT2D eigenvalue weighted by atomic mass is 16.6. The van der Waals surface area contributed by atoms with Gasteiger partial charge in [-0.25, -0.2) is 4.79 Å². The summed E-state index contributed by atoms with van der Waals surface area (Å²) >= 11 is 0. The van der Waals surface area contributed by atoms with Crippen molar-refractivity contribution in [3.8, 4) is 0 Å². The molecule has 126 valence electrons. The second-order valence-electron chi connectivity index (χ2n) is 8.24. The lowest BCUT2D eigenvalue weighted by Crippen LogP contribution is -2.60. The van der Waals surface area contributed by atoms with E-state index in [4.69, 9.17) is 9.47 Å². The zero-order valence-electron chi connectivity index (χ0n) is 14.3. The topological polar surface area (TPSA) is 47.6 Å². The third-order valence-corrected chi connectivity index (χ3v) is 6.53. The summed E-state index contributed by atoms with van der Waals surface area (Å²) < 4.78 is 11.7. The Balaban J connectivity index is 1.54. The van der Waals surface area contributed by atoms with Crippen LogP contribution in [0.25, 0.3) is 0 Å². The molecule has 2 heterocycles. The van der Waals surface area contributed by atoms with Crippen molar-refractivity contribution >= 4 is 6.09 Å². The van der Waals surface area contributed by atoms with E-state index < -0.39 is 0 Å². The van der Waals surface area contributed by atoms with Crippen LogP contribution in [0.1, 0.15) is 65.7 Å². The van der Waals surface area contributed by atoms with Crippen molar-refractivity contribution in [2.45, 2.75) is 77.4 Å². The molecule has 4 heteroatoms. The number of hydrogen-bond donors (Lipinski definition) is 1. The van der Waals surface area contributed by atoms with E-state index in [2.05, 4.69) is 26.1 Å². The van der Waals surface area contributed by atoms with E-state index in [1.165, 1.54) is 19.3 Å². The largest absolute Gasteiger partial charge is 0.449 e. The van der Waals surface area contributed by atoms with Gasteiger partial charge in [-0.3, -0.25) is 0 Å². The molecule has 0 aromatic rings. The fourth-order valence-corrected chi connectivity index (χ4v) is 4.96. The number of carbonyl (C=O) groups excluding carboxylic acids is 1. The fourth-order valence-electron chi connectivity index (χ4n) is 4.96. The molecule has 4 atom stereocenters. The summed E-state index contributed by atoms with van der Waals surface area (Å²) in [5.41, 5.74) is 0.0343. The van der Waals surface area contributed by atoms with Gasteiger partial charge < -0.3 is 14.8 Å². The van der Waals surface area contributed by atoms with E-state index in [1.54, 1.807) is 0 Å². The summed E-state index contributed by atoms with van der Waals surface area (Å²) in [5, 5.41) is 3.05. The Morgan fingerprint density at radius 3 is 2.41 bits per heavy atom. The van der Waals surface area contributed by atoms with Gasteiger partial charge in [0.2, 0.25) is 0 Å². The van der Waals surface area contributed by atoms with Crippen molar-refractivity contribution in [3.05, 3.63) is 0 Å². The van der Waals surface area contributed by atoms with E-state index in [9.17, 15) is 4.79 Å². The minimum absolute atomic E-state index is 0.00165. The predicted octanol–water partition coefficient (Wildman–Crippen LogP) is 3.89. The van der Waals surface area contributed by atoms with Gasteiger partial charge in [-0.15, -0.1) is 0 Å². The molecule has 0 spiro atoms. The monoisotopic (exact) mass is 309 g/mol. The fraction of sp³-hybridized carbons (Fsp3) is 0.944. The molecule has 4 fully saturated rings. The van der Waals surface area contributed by atoms with E-state index in [1.807, 2.05) is 0 Å². The molecule has 2 aliphatic carbocycles. The lowest BCUT2D eigenvalue weighted by Gasteiger charge is -2.58. The summed E-state index contributed by atoms with van der Waals surface area (Å²) in [4.78, 5) is 12.1. The molecule has 4 aliphatic rings. The van der Waals surface area contributed by atoms with E-state index in [-0.39, 0.29) is 17.1 Å². The quantitative estimate of drug-likeness (QED) is 0.860. The van der Waals surface area contributed by atoms with Crippen molar-refractivity contribution in [1.82, 2.24) is 5.32 Å². The number of rotatable bonds is 3. The van der Waals surface area contributed by atoms with Gasteiger partial charge in [0.25, 0.3) is 0 Å². The van der Waals surface area contributed by atoms with E-state index >= 15 is 0 Å². The third kappa shape index (κ3) is 2.99. The first kappa shape index (κ1) is 16.1. The van der Waals surface area contributed by atoms with Crippen molar-refractivity contribution in [2.75, 3.05) is 13.2 Å². The molecule has 4 nitrogen and oxygen atoms in total. The average Bonchev–Trinajstić information content (AvgIpc) is 2.47. The van der Waals surface area contributed by atoms with Gasteiger partial charge in [-0.2, -0.15) is 0 Å². The highest BCUT2D eigenvalue weighted by Crippen LogP contribution is 2.55. The summed E-state index contributed by atoms with van der Waals surface area (Å²) in [6, 6.07) is 0.311. The zero-order valence-corrected chi connectivity index (χ0v) is 14.3. The minimum atomic E-state index is -0.236. The van der Waals surface area contributed by atoms with Gasteiger partial charge in [0.15, 0.2) is 0 Å². The van der Waals surface area contributed by atoms with Gasteiger partial charge in [0.1, 0.15) is 6.61 Å². The van der Waals surface area contributed by atoms with Crippen LogP contribution in [0.5, 0.6) is 0 Å². The highest BCUT2D eigenvalue weighted by molar-refractivity contribution is 5.67. The van der Waals surface area contributed by atoms with E-state index in [0.29, 0.717) is 24.5 Å². The maximum Gasteiger partial charge on any atom is 0.407 e. The molecule has 1 amide bonds. The van der Waals surface area contributed by atoms with Crippen LogP contribution in [0, 0.1) is 17.3 Å². The number of fused-ring (bicyclic) bond motifs is 3. The molecule has 0 aromatic heterocycles. The Hall–Kier alpha value is -0.770. The standard InChI is InChI=1S/C18H31NO3/c1-13-9-17(3)10-14(2)18(13,12-22-17)11-21-16(20)19-15-7-5-4-6-8-15/h13-15H,4-12H2,1-3H3,(H,19,20)/t13-,14+,17?,18?. The molecule has 4 rings (SSSR count). The second kappa shape index (κ2) is 6.03. The smallest absolute Gasteiger partial charge is 0.407 e. The van der Waals surface area contributed by atoms with Crippen LogP contribution in [0.4, 0.5) is 4.79 Å². The maximum atomic E-state index is 12.1. The van der Waals surface area contributed by atoms with Crippen LogP contribution in [-0.4, -0.2) is 30.9 Å². The molecular formula is C18H31NO3. The predicted molar refractivity (Wildman–Crippen MR) is 85.7 cm³/mol. The molecule has 1 N–H and O–H groups in total. The van der Waals surface area contributed by atoms with Gasteiger partial charge in [-0.05, 0) is 44.4 Å². The molecule has 2 aliphatic heterocycles. The molecule has 2 bridgehead atoms. The first-order valence-corrected chi connectivity index (χ1v) is 9.01. The van der Waals surface area contributed by atoms with Gasteiger partial charge >= 0.3 is 6.09 Å². The minimum Gasteiger partial charge on any atom is -0.449 e. The Morgan fingerprint density at radius 1 is 1.18 bits per heavy atom. The van der Waals surface area contributed by atoms with Crippen molar-refractivity contribution in [2.24, 2.45) is 17.3 Å². The third-order valence-electron chi connectivity index (χ3n) is 6.53. The Bertz CT molecular complexity index is 405. The first-order valence-electron chi connectivity index (χ1n) is 9.01. The zero-order chi connectivity index (χ0) is 15.8. The van der Waals surface area contributed by atoms with Crippen LogP contribution < -0.4 is 5.32 Å². The number of ether oxygens (including phenoxy) is 2. The summed E-state index contributed by atoms with van der Waals surface area (Å²) in [6.45, 7) is 8.02. The highest BCUT2D eigenvalue weighted by Gasteiger charge is 2.56. The molecule has 2 saturated heterocycles. The van der Waals surface area contributed by atoms with Crippen molar-refractivity contribution in [3.63, 3.8) is 0 Å². The molecule has 2 saturated carbocycles. The normalized spacial score (nSPS) is 42.1.